The molecule has 0 saturated heterocycles. The number of carbonyl (C=O) groups excluding carboxylic acids is 2. The zero-order valence-corrected chi connectivity index (χ0v) is 15.0. The van der Waals surface area contributed by atoms with Crippen LogP contribution < -0.4 is 5.32 Å². The zero-order valence-electron chi connectivity index (χ0n) is 15.0. The molecule has 0 fully saturated rings. The van der Waals surface area contributed by atoms with E-state index in [9.17, 15) is 9.59 Å². The number of hydrogen-bond acceptors (Lipinski definition) is 4. The third-order valence-corrected chi connectivity index (χ3v) is 4.46. The number of hydrogen-bond donors (Lipinski definition) is 1. The van der Waals surface area contributed by atoms with E-state index in [1.807, 2.05) is 42.5 Å². The number of benzene rings is 1. The zero-order chi connectivity index (χ0) is 18.2. The fourth-order valence-electron chi connectivity index (χ4n) is 3.37. The van der Waals surface area contributed by atoms with E-state index >= 15 is 0 Å². The van der Waals surface area contributed by atoms with Gasteiger partial charge in [0.15, 0.2) is 0 Å². The molecule has 132 valence electrons. The normalized spacial score (nSPS) is 27.1. The van der Waals surface area contributed by atoms with Gasteiger partial charge in [-0.3, -0.25) is 4.79 Å². The molecule has 1 aromatic rings. The Balaban J connectivity index is 1.89. The molecule has 5 nitrogen and oxygen atoms in total. The van der Waals surface area contributed by atoms with Crippen molar-refractivity contribution in [3.63, 3.8) is 0 Å². The van der Waals surface area contributed by atoms with Gasteiger partial charge in [0.25, 0.3) is 5.91 Å². The predicted octanol–water partition coefficient (Wildman–Crippen LogP) is 2.67. The maximum atomic E-state index is 12.9. The third-order valence-electron chi connectivity index (χ3n) is 4.46. The molecule has 0 radical (unpaired) electrons. The lowest BCUT2D eigenvalue weighted by Crippen LogP contribution is -2.36. The fraction of sp³-hybridized carbons (Fsp3) is 0.400. The van der Waals surface area contributed by atoms with Crippen molar-refractivity contribution in [3.05, 3.63) is 59.2 Å². The molecule has 2 aliphatic heterocycles. The summed E-state index contributed by atoms with van der Waals surface area (Å²) in [6.45, 7) is 7.51. The summed E-state index contributed by atoms with van der Waals surface area (Å²) in [5, 5.41) is 2.89. The second-order valence-corrected chi connectivity index (χ2v) is 7.02. The van der Waals surface area contributed by atoms with Crippen LogP contribution in [-0.2, 0) is 25.6 Å². The van der Waals surface area contributed by atoms with Crippen LogP contribution in [0.25, 0.3) is 0 Å². The van der Waals surface area contributed by atoms with Crippen molar-refractivity contribution in [2.24, 2.45) is 0 Å². The number of fused-ring (bicyclic) bond motifs is 2. The van der Waals surface area contributed by atoms with Gasteiger partial charge in [-0.1, -0.05) is 30.3 Å². The molecule has 3 rings (SSSR count). The predicted molar refractivity (Wildman–Crippen MR) is 93.6 cm³/mol. The molecule has 5 heteroatoms. The van der Waals surface area contributed by atoms with E-state index in [-0.39, 0.29) is 17.6 Å². The van der Waals surface area contributed by atoms with Crippen molar-refractivity contribution >= 4 is 11.9 Å². The van der Waals surface area contributed by atoms with E-state index in [1.54, 1.807) is 27.7 Å². The second kappa shape index (κ2) is 6.15. The van der Waals surface area contributed by atoms with E-state index in [0.29, 0.717) is 12.1 Å². The Bertz CT molecular complexity index is 765. The number of rotatable bonds is 5. The molecule has 0 aliphatic carbocycles. The summed E-state index contributed by atoms with van der Waals surface area (Å²) in [5.41, 5.74) is -0.240. The van der Waals surface area contributed by atoms with Crippen LogP contribution in [0, 0.1) is 0 Å². The van der Waals surface area contributed by atoms with Crippen LogP contribution >= 0.6 is 0 Å². The summed E-state index contributed by atoms with van der Waals surface area (Å²) in [5.74, 6) is -0.814. The highest BCUT2D eigenvalue weighted by molar-refractivity contribution is 6.07. The van der Waals surface area contributed by atoms with Crippen LogP contribution in [-0.4, -0.2) is 29.2 Å². The van der Waals surface area contributed by atoms with Crippen LogP contribution in [0.5, 0.6) is 0 Å². The topological polar surface area (TPSA) is 64.6 Å². The van der Waals surface area contributed by atoms with E-state index < -0.39 is 17.2 Å². The minimum absolute atomic E-state index is 0.270. The smallest absolute Gasteiger partial charge is 0.338 e. The van der Waals surface area contributed by atoms with E-state index in [0.717, 1.165) is 5.56 Å². The molecule has 2 bridgehead atoms. The Kier molecular flexibility index (Phi) is 4.29. The standard InChI is InChI=1S/C20H23NO4/c1-13(2)24-18(23)16-15(19(3)10-11-20(16,4)25-19)17(22)21-12-14-8-6-5-7-9-14/h5-11,13H,12H2,1-4H3,(H,21,22)/t19-,20+/m0/s1. The molecule has 1 N–H and O–H groups in total. The summed E-state index contributed by atoms with van der Waals surface area (Å²) >= 11 is 0. The summed E-state index contributed by atoms with van der Waals surface area (Å²) in [4.78, 5) is 25.5. The Labute approximate surface area is 147 Å². The van der Waals surface area contributed by atoms with Crippen LogP contribution in [0.2, 0.25) is 0 Å². The van der Waals surface area contributed by atoms with Crippen molar-refractivity contribution in [3.8, 4) is 0 Å². The van der Waals surface area contributed by atoms with Gasteiger partial charge in [-0.05, 0) is 45.4 Å². The first-order chi connectivity index (χ1) is 11.8. The van der Waals surface area contributed by atoms with Gasteiger partial charge in [0, 0.05) is 6.54 Å². The number of carbonyl (C=O) groups is 2. The number of nitrogens with one attached hydrogen (secondary N) is 1. The minimum atomic E-state index is -0.930. The van der Waals surface area contributed by atoms with E-state index in [2.05, 4.69) is 5.32 Å². The molecule has 25 heavy (non-hydrogen) atoms. The molecule has 1 aromatic carbocycles. The van der Waals surface area contributed by atoms with Crippen LogP contribution in [0.1, 0.15) is 33.3 Å². The lowest BCUT2D eigenvalue weighted by molar-refractivity contribution is -0.144. The number of amides is 1. The van der Waals surface area contributed by atoms with Crippen LogP contribution in [0.15, 0.2) is 53.6 Å². The Morgan fingerprint density at radius 3 is 2.28 bits per heavy atom. The van der Waals surface area contributed by atoms with Gasteiger partial charge in [0.2, 0.25) is 0 Å². The SMILES string of the molecule is CC(C)OC(=O)C1=C(C(=O)NCc2ccccc2)[C@]2(C)C=C[C@@]1(C)O2. The van der Waals surface area contributed by atoms with Crippen molar-refractivity contribution in [2.75, 3.05) is 0 Å². The molecule has 1 amide bonds. The summed E-state index contributed by atoms with van der Waals surface area (Å²) in [6.07, 6.45) is 3.38. The van der Waals surface area contributed by atoms with Gasteiger partial charge in [-0.15, -0.1) is 0 Å². The molecular weight excluding hydrogens is 318 g/mol. The lowest BCUT2D eigenvalue weighted by Gasteiger charge is -2.21. The average molecular weight is 341 g/mol. The first-order valence-electron chi connectivity index (χ1n) is 8.44. The molecular formula is C20H23NO4. The first kappa shape index (κ1) is 17.4. The second-order valence-electron chi connectivity index (χ2n) is 7.02. The van der Waals surface area contributed by atoms with Crippen LogP contribution in [0.3, 0.4) is 0 Å². The highest BCUT2D eigenvalue weighted by Crippen LogP contribution is 2.49. The maximum Gasteiger partial charge on any atom is 0.338 e. The first-order valence-corrected chi connectivity index (χ1v) is 8.44. The van der Waals surface area contributed by atoms with Crippen molar-refractivity contribution in [1.82, 2.24) is 5.32 Å². The fourth-order valence-corrected chi connectivity index (χ4v) is 3.37. The molecule has 0 unspecified atom stereocenters. The minimum Gasteiger partial charge on any atom is -0.460 e. The van der Waals surface area contributed by atoms with E-state index in [1.165, 1.54) is 0 Å². The number of ether oxygens (including phenoxy) is 2. The lowest BCUT2D eigenvalue weighted by atomic mass is 9.82. The maximum absolute atomic E-state index is 12.9. The monoisotopic (exact) mass is 341 g/mol. The van der Waals surface area contributed by atoms with Crippen molar-refractivity contribution in [1.29, 1.82) is 0 Å². The van der Waals surface area contributed by atoms with Gasteiger partial charge < -0.3 is 14.8 Å². The van der Waals surface area contributed by atoms with Crippen LogP contribution in [0.4, 0.5) is 0 Å². The molecule has 0 saturated carbocycles. The summed E-state index contributed by atoms with van der Waals surface area (Å²) < 4.78 is 11.4. The van der Waals surface area contributed by atoms with Gasteiger partial charge in [-0.2, -0.15) is 0 Å². The molecule has 2 atom stereocenters. The Hall–Kier alpha value is -2.40. The van der Waals surface area contributed by atoms with Gasteiger partial charge in [0.05, 0.1) is 17.3 Å². The Morgan fingerprint density at radius 1 is 1.08 bits per heavy atom. The largest absolute Gasteiger partial charge is 0.460 e. The molecule has 2 heterocycles. The molecule has 2 aliphatic rings. The quantitative estimate of drug-likeness (QED) is 0.661. The third kappa shape index (κ3) is 3.12. The highest BCUT2D eigenvalue weighted by Gasteiger charge is 2.57. The van der Waals surface area contributed by atoms with E-state index in [4.69, 9.17) is 9.47 Å². The van der Waals surface area contributed by atoms with Gasteiger partial charge in [-0.25, -0.2) is 4.79 Å². The number of esters is 1. The summed E-state index contributed by atoms with van der Waals surface area (Å²) in [7, 11) is 0. The molecule has 0 aromatic heterocycles. The van der Waals surface area contributed by atoms with Gasteiger partial charge >= 0.3 is 5.97 Å². The Morgan fingerprint density at radius 2 is 1.68 bits per heavy atom. The summed E-state index contributed by atoms with van der Waals surface area (Å²) in [6, 6.07) is 9.62. The van der Waals surface area contributed by atoms with Crippen molar-refractivity contribution < 1.29 is 19.1 Å². The highest BCUT2D eigenvalue weighted by atomic mass is 16.6. The van der Waals surface area contributed by atoms with Gasteiger partial charge in [0.1, 0.15) is 11.2 Å². The van der Waals surface area contributed by atoms with Crippen molar-refractivity contribution in [2.45, 2.75) is 51.5 Å². The average Bonchev–Trinajstić information content (AvgIpc) is 2.99. The molecule has 0 spiro atoms.